The summed E-state index contributed by atoms with van der Waals surface area (Å²) in [7, 11) is 1.50. The number of nitrogens with one attached hydrogen (secondary N) is 1. The number of nitro benzene ring substituents is 1. The van der Waals surface area contributed by atoms with Gasteiger partial charge < -0.3 is 10.1 Å². The third-order valence-electron chi connectivity index (χ3n) is 4.21. The first kappa shape index (κ1) is 18.8. The fraction of sp³-hybridized carbons (Fsp3) is 0.100. The van der Waals surface area contributed by atoms with E-state index in [1.165, 1.54) is 37.5 Å². The minimum atomic E-state index is -0.530. The Bertz CT molecular complexity index is 995. The third kappa shape index (κ3) is 3.35. The van der Waals surface area contributed by atoms with Crippen molar-refractivity contribution in [2.24, 2.45) is 0 Å². The van der Waals surface area contributed by atoms with E-state index in [0.29, 0.717) is 17.0 Å². The molecule has 142 valence electrons. The van der Waals surface area contributed by atoms with E-state index in [9.17, 15) is 19.7 Å². The zero-order valence-electron chi connectivity index (χ0n) is 15.0. The molecule has 0 saturated carbocycles. The van der Waals surface area contributed by atoms with Crippen LogP contribution in [0, 0.1) is 10.1 Å². The van der Waals surface area contributed by atoms with Gasteiger partial charge in [0.1, 0.15) is 11.4 Å². The molecule has 0 aliphatic carbocycles. The van der Waals surface area contributed by atoms with Gasteiger partial charge in [-0.3, -0.25) is 24.6 Å². The number of para-hydroxylation sites is 2. The largest absolute Gasteiger partial charge is 0.495 e. The minimum absolute atomic E-state index is 0.0469. The number of carbonyl (C=O) groups is 2. The predicted octanol–water partition coefficient (Wildman–Crippen LogP) is 2.98. The topological polar surface area (TPSA) is 102 Å². The van der Waals surface area contributed by atoms with Crippen LogP contribution >= 0.6 is 0 Å². The smallest absolute Gasteiger partial charge is 0.278 e. The second kappa shape index (κ2) is 7.75. The molecule has 0 radical (unpaired) electrons. The molecule has 8 nitrogen and oxygen atoms in total. The fourth-order valence-corrected chi connectivity index (χ4v) is 2.89. The number of rotatable bonds is 7. The zero-order valence-corrected chi connectivity index (χ0v) is 15.0. The molecule has 2 aromatic carbocycles. The van der Waals surface area contributed by atoms with E-state index in [2.05, 4.69) is 11.9 Å². The molecule has 0 bridgehead atoms. The van der Waals surface area contributed by atoms with Crippen LogP contribution < -0.4 is 10.1 Å². The van der Waals surface area contributed by atoms with Crippen molar-refractivity contribution in [2.45, 2.75) is 0 Å². The highest BCUT2D eigenvalue weighted by Crippen LogP contribution is 2.33. The summed E-state index contributed by atoms with van der Waals surface area (Å²) in [5.41, 5.74) is 1.01. The number of imide groups is 1. The van der Waals surface area contributed by atoms with E-state index < -0.39 is 16.7 Å². The molecule has 28 heavy (non-hydrogen) atoms. The number of benzene rings is 2. The number of amides is 2. The number of non-ortho nitro benzene ring substituents is 1. The highest BCUT2D eigenvalue weighted by molar-refractivity contribution is 6.36. The van der Waals surface area contributed by atoms with Crippen molar-refractivity contribution in [3.05, 3.63) is 82.6 Å². The van der Waals surface area contributed by atoms with Crippen molar-refractivity contribution in [3.8, 4) is 5.75 Å². The van der Waals surface area contributed by atoms with Gasteiger partial charge >= 0.3 is 0 Å². The number of methoxy groups -OCH3 is 1. The molecule has 0 saturated heterocycles. The van der Waals surface area contributed by atoms with Crippen molar-refractivity contribution in [2.75, 3.05) is 19.0 Å². The summed E-state index contributed by atoms with van der Waals surface area (Å²) in [5.74, 6) is -0.513. The predicted molar refractivity (Wildman–Crippen MR) is 104 cm³/mol. The molecule has 0 fully saturated rings. The van der Waals surface area contributed by atoms with E-state index >= 15 is 0 Å². The lowest BCUT2D eigenvalue weighted by atomic mass is 10.0. The molecule has 2 amide bonds. The molecule has 2 aromatic rings. The van der Waals surface area contributed by atoms with Crippen LogP contribution in [0.2, 0.25) is 0 Å². The summed E-state index contributed by atoms with van der Waals surface area (Å²) in [6, 6.07) is 12.4. The molecule has 1 aliphatic heterocycles. The lowest BCUT2D eigenvalue weighted by Crippen LogP contribution is -2.32. The van der Waals surface area contributed by atoms with Gasteiger partial charge in [0.2, 0.25) is 0 Å². The van der Waals surface area contributed by atoms with E-state index in [4.69, 9.17) is 4.74 Å². The molecule has 1 aliphatic rings. The van der Waals surface area contributed by atoms with Crippen LogP contribution in [0.3, 0.4) is 0 Å². The molecular weight excluding hydrogens is 362 g/mol. The Labute approximate surface area is 160 Å². The maximum Gasteiger partial charge on any atom is 0.278 e. The summed E-state index contributed by atoms with van der Waals surface area (Å²) in [6.45, 7) is 3.63. The maximum atomic E-state index is 12.9. The highest BCUT2D eigenvalue weighted by atomic mass is 16.6. The maximum absolute atomic E-state index is 12.9. The summed E-state index contributed by atoms with van der Waals surface area (Å²) < 4.78 is 5.29. The van der Waals surface area contributed by atoms with Crippen LogP contribution in [0.4, 0.5) is 11.4 Å². The van der Waals surface area contributed by atoms with Gasteiger partial charge in [-0.2, -0.15) is 0 Å². The molecule has 0 atom stereocenters. The number of carbonyl (C=O) groups excluding carboxylic acids is 2. The molecule has 1 heterocycles. The van der Waals surface area contributed by atoms with Crippen LogP contribution in [0.1, 0.15) is 5.56 Å². The first-order valence-corrected chi connectivity index (χ1v) is 8.34. The summed E-state index contributed by atoms with van der Waals surface area (Å²) in [5, 5.41) is 13.9. The Morgan fingerprint density at radius 3 is 2.43 bits per heavy atom. The first-order chi connectivity index (χ1) is 13.5. The van der Waals surface area contributed by atoms with E-state index in [-0.39, 0.29) is 23.5 Å². The van der Waals surface area contributed by atoms with Gasteiger partial charge in [0, 0.05) is 18.7 Å². The van der Waals surface area contributed by atoms with Crippen LogP contribution in [0.25, 0.3) is 5.57 Å². The van der Waals surface area contributed by atoms with Crippen LogP contribution in [-0.4, -0.2) is 35.3 Å². The van der Waals surface area contributed by atoms with Crippen molar-refractivity contribution < 1.29 is 19.2 Å². The van der Waals surface area contributed by atoms with Gasteiger partial charge in [-0.25, -0.2) is 0 Å². The summed E-state index contributed by atoms with van der Waals surface area (Å²) in [4.78, 5) is 37.1. The minimum Gasteiger partial charge on any atom is -0.495 e. The standard InChI is InChI=1S/C20H17N3O5/c1-3-12-22-19(24)17(13-8-10-14(11-9-13)23(26)27)18(20(22)25)21-15-6-4-5-7-16(15)28-2/h3-11,21H,1,12H2,2H3. The normalized spacial score (nSPS) is 13.7. The molecule has 3 rings (SSSR count). The van der Waals surface area contributed by atoms with Crippen molar-refractivity contribution in [1.82, 2.24) is 4.90 Å². The van der Waals surface area contributed by atoms with Crippen molar-refractivity contribution in [1.29, 1.82) is 0 Å². The van der Waals surface area contributed by atoms with Crippen LogP contribution in [0.5, 0.6) is 5.75 Å². The Balaban J connectivity index is 2.10. The van der Waals surface area contributed by atoms with Crippen LogP contribution in [0.15, 0.2) is 66.9 Å². The number of anilines is 1. The number of ether oxygens (including phenoxy) is 1. The van der Waals surface area contributed by atoms with Gasteiger partial charge in [-0.05, 0) is 29.8 Å². The van der Waals surface area contributed by atoms with Gasteiger partial charge in [-0.1, -0.05) is 18.2 Å². The van der Waals surface area contributed by atoms with Crippen molar-refractivity contribution in [3.63, 3.8) is 0 Å². The Hall–Kier alpha value is -3.94. The zero-order chi connectivity index (χ0) is 20.3. The lowest BCUT2D eigenvalue weighted by molar-refractivity contribution is -0.384. The molecule has 1 N–H and O–H groups in total. The lowest BCUT2D eigenvalue weighted by Gasteiger charge is -2.13. The SMILES string of the molecule is C=CCN1C(=O)C(Nc2ccccc2OC)=C(c2ccc([N+](=O)[O-])cc2)C1=O. The third-order valence-corrected chi connectivity index (χ3v) is 4.21. The fourth-order valence-electron chi connectivity index (χ4n) is 2.89. The second-order valence-electron chi connectivity index (χ2n) is 5.89. The number of nitrogens with zero attached hydrogens (tertiary/aromatic N) is 2. The molecule has 8 heteroatoms. The summed E-state index contributed by atoms with van der Waals surface area (Å²) in [6.07, 6.45) is 1.45. The first-order valence-electron chi connectivity index (χ1n) is 8.34. The van der Waals surface area contributed by atoms with E-state index in [0.717, 1.165) is 4.90 Å². The monoisotopic (exact) mass is 379 g/mol. The van der Waals surface area contributed by atoms with E-state index in [1.54, 1.807) is 24.3 Å². The molecule has 0 spiro atoms. The summed E-state index contributed by atoms with van der Waals surface area (Å²) >= 11 is 0. The molecular formula is C20H17N3O5. The van der Waals surface area contributed by atoms with Crippen molar-refractivity contribution >= 4 is 28.8 Å². The number of nitro groups is 1. The highest BCUT2D eigenvalue weighted by Gasteiger charge is 2.38. The Morgan fingerprint density at radius 1 is 1.14 bits per heavy atom. The average Bonchev–Trinajstić information content (AvgIpc) is 2.93. The number of hydrogen-bond donors (Lipinski definition) is 1. The Kier molecular flexibility index (Phi) is 5.21. The number of hydrogen-bond acceptors (Lipinski definition) is 6. The van der Waals surface area contributed by atoms with Gasteiger partial charge in [0.15, 0.2) is 0 Å². The van der Waals surface area contributed by atoms with Crippen LogP contribution in [-0.2, 0) is 9.59 Å². The second-order valence-corrected chi connectivity index (χ2v) is 5.89. The quantitative estimate of drug-likeness (QED) is 0.343. The van der Waals surface area contributed by atoms with Gasteiger partial charge in [-0.15, -0.1) is 6.58 Å². The Morgan fingerprint density at radius 2 is 1.82 bits per heavy atom. The molecule has 0 aromatic heterocycles. The van der Waals surface area contributed by atoms with E-state index in [1.807, 2.05) is 0 Å². The van der Waals surface area contributed by atoms with Gasteiger partial charge in [0.05, 0.1) is 23.3 Å². The average molecular weight is 379 g/mol. The van der Waals surface area contributed by atoms with Gasteiger partial charge in [0.25, 0.3) is 17.5 Å². The molecule has 0 unspecified atom stereocenters.